The fourth-order valence-corrected chi connectivity index (χ4v) is 4.50. The van der Waals surface area contributed by atoms with E-state index in [9.17, 15) is 0 Å². The van der Waals surface area contributed by atoms with Crippen LogP contribution in [0, 0.1) is 5.92 Å². The molecule has 2 rings (SSSR count). The van der Waals surface area contributed by atoms with Crippen LogP contribution < -0.4 is 5.32 Å². The second kappa shape index (κ2) is 8.50. The molecule has 1 atom stereocenters. The number of rotatable bonds is 6. The normalized spacial score (nSPS) is 25.7. The summed E-state index contributed by atoms with van der Waals surface area (Å²) in [7, 11) is 4.61. The first-order valence-electron chi connectivity index (χ1n) is 9.17. The first kappa shape index (κ1) is 17.2. The van der Waals surface area contributed by atoms with E-state index in [1.165, 1.54) is 57.8 Å². The van der Waals surface area contributed by atoms with E-state index in [4.69, 9.17) is 4.74 Å². The van der Waals surface area contributed by atoms with Gasteiger partial charge in [0, 0.05) is 24.8 Å². The van der Waals surface area contributed by atoms with E-state index in [0.717, 1.165) is 25.7 Å². The Bertz CT molecular complexity index is 279. The largest absolute Gasteiger partial charge is 0.381 e. The van der Waals surface area contributed by atoms with Crippen LogP contribution >= 0.6 is 0 Å². The lowest BCUT2D eigenvalue weighted by Crippen LogP contribution is -2.59. The molecule has 2 aliphatic rings. The highest BCUT2D eigenvalue weighted by atomic mass is 16.5. The van der Waals surface area contributed by atoms with E-state index in [-0.39, 0.29) is 0 Å². The molecular formula is C18H36N2O. The van der Waals surface area contributed by atoms with E-state index >= 15 is 0 Å². The van der Waals surface area contributed by atoms with Crippen molar-refractivity contribution in [3.8, 4) is 0 Å². The van der Waals surface area contributed by atoms with Gasteiger partial charge in [0.15, 0.2) is 0 Å². The number of likely N-dealkylation sites (N-methyl/N-ethyl adjacent to an activating group) is 2. The molecule has 1 aliphatic carbocycles. The van der Waals surface area contributed by atoms with Crippen LogP contribution in [0.25, 0.3) is 0 Å². The van der Waals surface area contributed by atoms with Gasteiger partial charge in [-0.25, -0.2) is 0 Å². The highest BCUT2D eigenvalue weighted by molar-refractivity contribution is 5.00. The first-order valence-corrected chi connectivity index (χ1v) is 9.17. The van der Waals surface area contributed by atoms with E-state index in [1.54, 1.807) is 0 Å². The van der Waals surface area contributed by atoms with Crippen LogP contribution in [0.3, 0.4) is 0 Å². The number of hydrogen-bond acceptors (Lipinski definition) is 3. The van der Waals surface area contributed by atoms with Crippen LogP contribution in [0.15, 0.2) is 0 Å². The second-order valence-corrected chi connectivity index (χ2v) is 7.31. The number of nitrogens with zero attached hydrogens (tertiary/aromatic N) is 1. The van der Waals surface area contributed by atoms with Crippen molar-refractivity contribution in [2.75, 3.05) is 33.9 Å². The predicted octanol–water partition coefficient (Wildman–Crippen LogP) is 3.44. The van der Waals surface area contributed by atoms with Crippen LogP contribution in [0.4, 0.5) is 0 Å². The molecule has 124 valence electrons. The van der Waals surface area contributed by atoms with Crippen molar-refractivity contribution in [2.24, 2.45) is 5.92 Å². The van der Waals surface area contributed by atoms with Crippen molar-refractivity contribution in [1.29, 1.82) is 0 Å². The Labute approximate surface area is 131 Å². The van der Waals surface area contributed by atoms with Crippen molar-refractivity contribution in [2.45, 2.75) is 76.3 Å². The zero-order valence-electron chi connectivity index (χ0n) is 14.5. The summed E-state index contributed by atoms with van der Waals surface area (Å²) in [4.78, 5) is 2.55. The highest BCUT2D eigenvalue weighted by Gasteiger charge is 2.41. The molecule has 1 N–H and O–H groups in total. The standard InChI is InChI=1S/C18H36N2O/c1-4-19-17(15-16-9-13-21-14-10-16)18(20(2)3)11-7-5-6-8-12-18/h16-17,19H,4-15H2,1-3H3. The zero-order valence-corrected chi connectivity index (χ0v) is 14.5. The maximum Gasteiger partial charge on any atom is 0.0468 e. The molecule has 0 aromatic carbocycles. The lowest BCUT2D eigenvalue weighted by Gasteiger charge is -2.47. The highest BCUT2D eigenvalue weighted by Crippen LogP contribution is 2.37. The third-order valence-electron chi connectivity index (χ3n) is 5.87. The molecule has 0 aromatic heterocycles. The van der Waals surface area contributed by atoms with Crippen LogP contribution in [0.1, 0.15) is 64.7 Å². The molecule has 0 aromatic rings. The minimum absolute atomic E-state index is 0.366. The summed E-state index contributed by atoms with van der Waals surface area (Å²) in [5, 5.41) is 3.87. The molecule has 2 fully saturated rings. The molecule has 1 saturated carbocycles. The number of ether oxygens (including phenoxy) is 1. The van der Waals surface area contributed by atoms with Gasteiger partial charge in [-0.3, -0.25) is 0 Å². The maximum absolute atomic E-state index is 5.55. The van der Waals surface area contributed by atoms with Gasteiger partial charge < -0.3 is 15.0 Å². The molecule has 1 unspecified atom stereocenters. The van der Waals surface area contributed by atoms with Crippen molar-refractivity contribution in [1.82, 2.24) is 10.2 Å². The van der Waals surface area contributed by atoms with Gasteiger partial charge >= 0.3 is 0 Å². The zero-order chi connectivity index (χ0) is 15.1. The Morgan fingerprint density at radius 3 is 2.24 bits per heavy atom. The summed E-state index contributed by atoms with van der Waals surface area (Å²) in [5.74, 6) is 0.850. The Hall–Kier alpha value is -0.120. The van der Waals surface area contributed by atoms with Gasteiger partial charge in [-0.1, -0.05) is 32.6 Å². The lowest BCUT2D eigenvalue weighted by molar-refractivity contribution is 0.0336. The maximum atomic E-state index is 5.55. The molecule has 0 radical (unpaired) electrons. The summed E-state index contributed by atoms with van der Waals surface area (Å²) in [5.41, 5.74) is 0.366. The van der Waals surface area contributed by atoms with Crippen molar-refractivity contribution in [3.63, 3.8) is 0 Å². The fourth-order valence-electron chi connectivity index (χ4n) is 4.50. The lowest BCUT2D eigenvalue weighted by atomic mass is 9.76. The molecule has 3 heteroatoms. The topological polar surface area (TPSA) is 24.5 Å². The van der Waals surface area contributed by atoms with E-state index in [1.807, 2.05) is 0 Å². The number of hydrogen-bond donors (Lipinski definition) is 1. The number of nitrogens with one attached hydrogen (secondary N) is 1. The van der Waals surface area contributed by atoms with Gasteiger partial charge in [0.05, 0.1) is 0 Å². The SMILES string of the molecule is CCNC(CC1CCOCC1)C1(N(C)C)CCCCCC1. The fraction of sp³-hybridized carbons (Fsp3) is 1.00. The van der Waals surface area contributed by atoms with Crippen molar-refractivity contribution < 1.29 is 4.74 Å². The molecular weight excluding hydrogens is 260 g/mol. The Morgan fingerprint density at radius 1 is 1.10 bits per heavy atom. The average molecular weight is 296 g/mol. The van der Waals surface area contributed by atoms with Gasteiger partial charge in [0.25, 0.3) is 0 Å². The van der Waals surface area contributed by atoms with E-state index in [2.05, 4.69) is 31.2 Å². The smallest absolute Gasteiger partial charge is 0.0468 e. The van der Waals surface area contributed by atoms with Gasteiger partial charge in [0.1, 0.15) is 0 Å². The van der Waals surface area contributed by atoms with Gasteiger partial charge in [-0.15, -0.1) is 0 Å². The minimum Gasteiger partial charge on any atom is -0.381 e. The Balaban J connectivity index is 2.10. The summed E-state index contributed by atoms with van der Waals surface area (Å²) in [6.45, 7) is 5.29. The summed E-state index contributed by atoms with van der Waals surface area (Å²) >= 11 is 0. The quantitative estimate of drug-likeness (QED) is 0.760. The van der Waals surface area contributed by atoms with E-state index < -0.39 is 0 Å². The van der Waals surface area contributed by atoms with Crippen LogP contribution in [-0.2, 0) is 4.74 Å². The summed E-state index contributed by atoms with van der Waals surface area (Å²) < 4.78 is 5.55. The van der Waals surface area contributed by atoms with Crippen LogP contribution in [-0.4, -0.2) is 50.3 Å². The minimum atomic E-state index is 0.366. The van der Waals surface area contributed by atoms with Gasteiger partial charge in [-0.05, 0) is 58.7 Å². The monoisotopic (exact) mass is 296 g/mol. The molecule has 1 heterocycles. The Morgan fingerprint density at radius 2 is 1.71 bits per heavy atom. The molecule has 1 aliphatic heterocycles. The molecule has 21 heavy (non-hydrogen) atoms. The molecule has 0 spiro atoms. The summed E-state index contributed by atoms with van der Waals surface area (Å²) in [6.07, 6.45) is 12.2. The third-order valence-corrected chi connectivity index (χ3v) is 5.87. The first-order chi connectivity index (χ1) is 10.2. The van der Waals surface area contributed by atoms with Crippen molar-refractivity contribution in [3.05, 3.63) is 0 Å². The molecule has 0 amide bonds. The van der Waals surface area contributed by atoms with E-state index in [0.29, 0.717) is 11.6 Å². The molecule has 0 bridgehead atoms. The molecule has 1 saturated heterocycles. The summed E-state index contributed by atoms with van der Waals surface area (Å²) in [6, 6.07) is 0.638. The van der Waals surface area contributed by atoms with Crippen molar-refractivity contribution >= 4 is 0 Å². The molecule has 3 nitrogen and oxygen atoms in total. The van der Waals surface area contributed by atoms with Crippen LogP contribution in [0.5, 0.6) is 0 Å². The second-order valence-electron chi connectivity index (χ2n) is 7.31. The van der Waals surface area contributed by atoms with Gasteiger partial charge in [0.2, 0.25) is 0 Å². The Kier molecular flexibility index (Phi) is 6.97. The predicted molar refractivity (Wildman–Crippen MR) is 89.7 cm³/mol. The van der Waals surface area contributed by atoms with Crippen LogP contribution in [0.2, 0.25) is 0 Å². The third kappa shape index (κ3) is 4.43. The average Bonchev–Trinajstić information content (AvgIpc) is 2.74. The van der Waals surface area contributed by atoms with Gasteiger partial charge in [-0.2, -0.15) is 0 Å².